The molecule has 3 heteroatoms. The van der Waals surface area contributed by atoms with E-state index in [0.29, 0.717) is 12.7 Å². The molecule has 0 aromatic heterocycles. The molecule has 1 fully saturated rings. The van der Waals surface area contributed by atoms with Gasteiger partial charge in [0, 0.05) is 0 Å². The van der Waals surface area contributed by atoms with E-state index in [0.717, 1.165) is 19.4 Å². The number of unbranched alkanes of at least 4 members (excludes halogenated alkanes) is 2. The van der Waals surface area contributed by atoms with Crippen LogP contribution >= 0.6 is 0 Å². The monoisotopic (exact) mass is 188 g/mol. The number of rotatable bonds is 8. The van der Waals surface area contributed by atoms with Gasteiger partial charge >= 0.3 is 0 Å². The molecule has 0 bridgehead atoms. The summed E-state index contributed by atoms with van der Waals surface area (Å²) in [4.78, 5) is 0. The Labute approximate surface area is 80.0 Å². The zero-order chi connectivity index (χ0) is 9.52. The van der Waals surface area contributed by atoms with Crippen LogP contribution in [-0.4, -0.2) is 37.1 Å². The summed E-state index contributed by atoms with van der Waals surface area (Å²) in [5.74, 6) is 0. The Bertz CT molecular complexity index is 123. The van der Waals surface area contributed by atoms with Crippen molar-refractivity contribution in [1.29, 1.82) is 0 Å². The molecule has 0 aromatic carbocycles. The fourth-order valence-corrected chi connectivity index (χ4v) is 1.26. The molecule has 1 aliphatic heterocycles. The van der Waals surface area contributed by atoms with E-state index in [4.69, 9.17) is 14.6 Å². The van der Waals surface area contributed by atoms with Crippen molar-refractivity contribution in [3.8, 4) is 0 Å². The predicted molar refractivity (Wildman–Crippen MR) is 50.7 cm³/mol. The smallest absolute Gasteiger partial charge is 0.104 e. The molecule has 2 atom stereocenters. The fraction of sp³-hybridized carbons (Fsp3) is 1.00. The van der Waals surface area contributed by atoms with E-state index >= 15 is 0 Å². The summed E-state index contributed by atoms with van der Waals surface area (Å²) in [6.45, 7) is 3.79. The summed E-state index contributed by atoms with van der Waals surface area (Å²) in [6.07, 6.45) is 4.88. The van der Waals surface area contributed by atoms with E-state index in [9.17, 15) is 0 Å². The van der Waals surface area contributed by atoms with Gasteiger partial charge in [-0.25, -0.2) is 0 Å². The molecule has 0 aromatic rings. The van der Waals surface area contributed by atoms with Crippen molar-refractivity contribution >= 4 is 0 Å². The Balaban J connectivity index is 1.95. The normalized spacial score (nSPS) is 23.1. The van der Waals surface area contributed by atoms with Crippen LogP contribution in [0.25, 0.3) is 0 Å². The van der Waals surface area contributed by atoms with Crippen molar-refractivity contribution in [2.75, 3.05) is 19.8 Å². The van der Waals surface area contributed by atoms with Gasteiger partial charge in [-0.2, -0.15) is 0 Å². The predicted octanol–water partition coefficient (Wildman–Crippen LogP) is 1.34. The second-order valence-corrected chi connectivity index (χ2v) is 3.59. The lowest BCUT2D eigenvalue weighted by Gasteiger charge is -2.14. The van der Waals surface area contributed by atoms with Crippen molar-refractivity contribution in [2.24, 2.45) is 0 Å². The first-order valence-electron chi connectivity index (χ1n) is 5.21. The highest BCUT2D eigenvalue weighted by Gasteiger charge is 2.23. The van der Waals surface area contributed by atoms with Gasteiger partial charge in [-0.3, -0.25) is 0 Å². The van der Waals surface area contributed by atoms with Crippen molar-refractivity contribution in [3.63, 3.8) is 0 Å². The molecule has 78 valence electrons. The Morgan fingerprint density at radius 2 is 2.31 bits per heavy atom. The summed E-state index contributed by atoms with van der Waals surface area (Å²) in [6, 6.07) is 0. The number of ether oxygens (including phenoxy) is 2. The van der Waals surface area contributed by atoms with Gasteiger partial charge in [0.2, 0.25) is 0 Å². The van der Waals surface area contributed by atoms with Gasteiger partial charge in [0.25, 0.3) is 0 Å². The number of epoxide rings is 1. The molecule has 0 saturated carbocycles. The topological polar surface area (TPSA) is 42.0 Å². The number of hydrogen-bond donors (Lipinski definition) is 1. The summed E-state index contributed by atoms with van der Waals surface area (Å²) >= 11 is 0. The average Bonchev–Trinajstić information content (AvgIpc) is 2.94. The third-order valence-electron chi connectivity index (χ3n) is 2.25. The highest BCUT2D eigenvalue weighted by molar-refractivity contribution is 4.69. The highest BCUT2D eigenvalue weighted by Crippen LogP contribution is 2.12. The molecular weight excluding hydrogens is 168 g/mol. The lowest BCUT2D eigenvalue weighted by atomic mass is 10.1. The summed E-state index contributed by atoms with van der Waals surface area (Å²) in [5.41, 5.74) is 0. The molecule has 0 radical (unpaired) electrons. The molecule has 2 unspecified atom stereocenters. The lowest BCUT2D eigenvalue weighted by Crippen LogP contribution is -2.20. The second kappa shape index (κ2) is 6.35. The molecule has 0 aliphatic carbocycles. The maximum absolute atomic E-state index is 8.99. The van der Waals surface area contributed by atoms with Crippen LogP contribution in [0.1, 0.15) is 32.6 Å². The number of hydrogen-bond acceptors (Lipinski definition) is 3. The molecule has 1 rings (SSSR count). The van der Waals surface area contributed by atoms with Crippen LogP contribution < -0.4 is 0 Å². The minimum Gasteiger partial charge on any atom is -0.394 e. The van der Waals surface area contributed by atoms with Crippen molar-refractivity contribution in [1.82, 2.24) is 0 Å². The van der Waals surface area contributed by atoms with E-state index in [2.05, 4.69) is 6.92 Å². The van der Waals surface area contributed by atoms with Gasteiger partial charge in [0.05, 0.1) is 25.9 Å². The van der Waals surface area contributed by atoms with Gasteiger partial charge in [-0.1, -0.05) is 26.2 Å². The van der Waals surface area contributed by atoms with Crippen LogP contribution in [0.15, 0.2) is 0 Å². The summed E-state index contributed by atoms with van der Waals surface area (Å²) in [7, 11) is 0. The van der Waals surface area contributed by atoms with Gasteiger partial charge in [-0.05, 0) is 6.42 Å². The van der Waals surface area contributed by atoms with Crippen molar-refractivity contribution < 1.29 is 14.6 Å². The van der Waals surface area contributed by atoms with Crippen molar-refractivity contribution in [3.05, 3.63) is 0 Å². The van der Waals surface area contributed by atoms with Gasteiger partial charge in [-0.15, -0.1) is 0 Å². The van der Waals surface area contributed by atoms with Crippen molar-refractivity contribution in [2.45, 2.75) is 44.8 Å². The first kappa shape index (κ1) is 11.0. The van der Waals surface area contributed by atoms with E-state index in [1.165, 1.54) is 12.8 Å². The fourth-order valence-electron chi connectivity index (χ4n) is 1.26. The van der Waals surface area contributed by atoms with E-state index in [1.807, 2.05) is 0 Å². The van der Waals surface area contributed by atoms with Gasteiger partial charge < -0.3 is 14.6 Å². The average molecular weight is 188 g/mol. The number of aliphatic hydroxyl groups is 1. The zero-order valence-electron chi connectivity index (χ0n) is 8.37. The minimum atomic E-state index is 0.0238. The van der Waals surface area contributed by atoms with E-state index in [1.54, 1.807) is 0 Å². The molecule has 1 heterocycles. The van der Waals surface area contributed by atoms with Crippen LogP contribution in [0.2, 0.25) is 0 Å². The van der Waals surface area contributed by atoms with Gasteiger partial charge in [0.1, 0.15) is 6.10 Å². The molecule has 0 spiro atoms. The molecule has 13 heavy (non-hydrogen) atoms. The standard InChI is InChI=1S/C10H20O3/c1-2-3-4-5-9(6-11)12-7-10-8-13-10/h9-11H,2-8H2,1H3. The lowest BCUT2D eigenvalue weighted by molar-refractivity contribution is 0.0000671. The van der Waals surface area contributed by atoms with Gasteiger partial charge in [0.15, 0.2) is 0 Å². The molecular formula is C10H20O3. The largest absolute Gasteiger partial charge is 0.394 e. The molecule has 1 saturated heterocycles. The second-order valence-electron chi connectivity index (χ2n) is 3.59. The third kappa shape index (κ3) is 5.24. The maximum Gasteiger partial charge on any atom is 0.104 e. The van der Waals surface area contributed by atoms with Crippen LogP contribution in [0.4, 0.5) is 0 Å². The summed E-state index contributed by atoms with van der Waals surface area (Å²) in [5, 5.41) is 8.99. The summed E-state index contributed by atoms with van der Waals surface area (Å²) < 4.78 is 10.5. The highest BCUT2D eigenvalue weighted by atomic mass is 16.6. The Morgan fingerprint density at radius 1 is 1.54 bits per heavy atom. The molecule has 1 N–H and O–H groups in total. The first-order valence-corrected chi connectivity index (χ1v) is 5.21. The van der Waals surface area contributed by atoms with E-state index in [-0.39, 0.29) is 12.7 Å². The SMILES string of the molecule is CCCCCC(CO)OCC1CO1. The maximum atomic E-state index is 8.99. The van der Waals surface area contributed by atoms with Crippen LogP contribution in [-0.2, 0) is 9.47 Å². The number of aliphatic hydroxyl groups excluding tert-OH is 1. The molecule has 3 nitrogen and oxygen atoms in total. The Kier molecular flexibility index (Phi) is 5.35. The van der Waals surface area contributed by atoms with Crippen LogP contribution in [0.5, 0.6) is 0 Å². The van der Waals surface area contributed by atoms with E-state index < -0.39 is 0 Å². The quantitative estimate of drug-likeness (QED) is 0.461. The van der Waals surface area contributed by atoms with Crippen LogP contribution in [0.3, 0.4) is 0 Å². The minimum absolute atomic E-state index is 0.0238. The Morgan fingerprint density at radius 3 is 2.85 bits per heavy atom. The zero-order valence-corrected chi connectivity index (χ0v) is 8.37. The molecule has 1 aliphatic rings. The first-order chi connectivity index (χ1) is 6.36. The molecule has 0 amide bonds. The third-order valence-corrected chi connectivity index (χ3v) is 2.25. The Hall–Kier alpha value is -0.120. The van der Waals surface area contributed by atoms with Crippen LogP contribution in [0, 0.1) is 0 Å².